The predicted octanol–water partition coefficient (Wildman–Crippen LogP) is 3.78. The summed E-state index contributed by atoms with van der Waals surface area (Å²) < 4.78 is 5.77. The second-order valence-electron chi connectivity index (χ2n) is 9.24. The van der Waals surface area contributed by atoms with E-state index < -0.39 is 0 Å². The number of fused-ring (bicyclic) bond motifs is 1. The van der Waals surface area contributed by atoms with Crippen molar-refractivity contribution < 1.29 is 14.3 Å². The van der Waals surface area contributed by atoms with E-state index in [1.807, 2.05) is 32.9 Å². The third kappa shape index (κ3) is 6.28. The second kappa shape index (κ2) is 9.98. The quantitative estimate of drug-likeness (QED) is 0.537. The van der Waals surface area contributed by atoms with E-state index in [2.05, 4.69) is 47.4 Å². The third-order valence-electron chi connectivity index (χ3n) is 5.37. The minimum atomic E-state index is -0.239. The van der Waals surface area contributed by atoms with Crippen molar-refractivity contribution in [2.24, 2.45) is 0 Å². The van der Waals surface area contributed by atoms with Crippen LogP contribution in [0.25, 0.3) is 11.0 Å². The maximum Gasteiger partial charge on any atom is 0.258 e. The van der Waals surface area contributed by atoms with Gasteiger partial charge in [-0.25, -0.2) is 9.97 Å². The second-order valence-corrected chi connectivity index (χ2v) is 9.24. The predicted molar refractivity (Wildman–Crippen MR) is 130 cm³/mol. The Hall–Kier alpha value is -3.48. The average Bonchev–Trinajstić information content (AvgIpc) is 2.75. The zero-order chi connectivity index (χ0) is 24.2. The van der Waals surface area contributed by atoms with Crippen LogP contribution in [-0.4, -0.2) is 41.5 Å². The molecule has 0 bridgehead atoms. The molecule has 0 atom stereocenters. The molecule has 0 unspecified atom stereocenters. The highest BCUT2D eigenvalue weighted by molar-refractivity contribution is 5.97. The number of nitrogens with one attached hydrogen (secondary N) is 2. The summed E-state index contributed by atoms with van der Waals surface area (Å²) in [6, 6.07) is 11.2. The van der Waals surface area contributed by atoms with E-state index in [0.717, 1.165) is 28.0 Å². The van der Waals surface area contributed by atoms with Gasteiger partial charge in [0.2, 0.25) is 0 Å². The molecule has 0 aliphatic heterocycles. The molecule has 1 aromatic heterocycles. The highest BCUT2D eigenvalue weighted by atomic mass is 16.5. The number of ether oxygens (including phenoxy) is 1. The molecular formula is C26H32N4O3. The fourth-order valence-corrected chi connectivity index (χ4v) is 3.40. The molecule has 0 spiro atoms. The molecule has 33 heavy (non-hydrogen) atoms. The van der Waals surface area contributed by atoms with Crippen LogP contribution in [0.1, 0.15) is 53.6 Å². The minimum Gasteiger partial charge on any atom is -0.483 e. The first kappa shape index (κ1) is 24.2. The van der Waals surface area contributed by atoms with Crippen LogP contribution in [0.2, 0.25) is 0 Å². The van der Waals surface area contributed by atoms with Gasteiger partial charge in [-0.05, 0) is 56.0 Å². The summed E-state index contributed by atoms with van der Waals surface area (Å²) in [5, 5.41) is 5.58. The van der Waals surface area contributed by atoms with Crippen LogP contribution in [0.3, 0.4) is 0 Å². The first-order valence-corrected chi connectivity index (χ1v) is 11.1. The lowest BCUT2D eigenvalue weighted by atomic mass is 9.85. The van der Waals surface area contributed by atoms with Crippen LogP contribution in [0.15, 0.2) is 36.4 Å². The summed E-state index contributed by atoms with van der Waals surface area (Å²) in [4.78, 5) is 33.6. The highest BCUT2D eigenvalue weighted by Crippen LogP contribution is 2.32. The monoisotopic (exact) mass is 448 g/mol. The van der Waals surface area contributed by atoms with Gasteiger partial charge in [0.05, 0.1) is 22.4 Å². The van der Waals surface area contributed by atoms with Gasteiger partial charge in [-0.1, -0.05) is 38.5 Å². The van der Waals surface area contributed by atoms with Crippen molar-refractivity contribution in [3.05, 3.63) is 64.5 Å². The molecule has 3 rings (SSSR count). The van der Waals surface area contributed by atoms with Gasteiger partial charge in [0.1, 0.15) is 5.75 Å². The summed E-state index contributed by atoms with van der Waals surface area (Å²) in [6.07, 6.45) is 0. The van der Waals surface area contributed by atoms with Crippen LogP contribution in [0.4, 0.5) is 0 Å². The molecule has 7 nitrogen and oxygen atoms in total. The summed E-state index contributed by atoms with van der Waals surface area (Å²) in [6.45, 7) is 12.7. The zero-order valence-corrected chi connectivity index (χ0v) is 20.2. The highest BCUT2D eigenvalue weighted by Gasteiger charge is 2.19. The zero-order valence-electron chi connectivity index (χ0n) is 20.2. The van der Waals surface area contributed by atoms with Crippen molar-refractivity contribution in [1.29, 1.82) is 0 Å². The van der Waals surface area contributed by atoms with Crippen LogP contribution in [-0.2, 0) is 10.2 Å². The van der Waals surface area contributed by atoms with E-state index in [9.17, 15) is 9.59 Å². The van der Waals surface area contributed by atoms with Crippen LogP contribution in [0.5, 0.6) is 5.75 Å². The van der Waals surface area contributed by atoms with Gasteiger partial charge < -0.3 is 15.4 Å². The summed E-state index contributed by atoms with van der Waals surface area (Å²) in [7, 11) is 0. The van der Waals surface area contributed by atoms with Crippen LogP contribution < -0.4 is 15.4 Å². The van der Waals surface area contributed by atoms with E-state index in [1.165, 1.54) is 0 Å². The van der Waals surface area contributed by atoms with Gasteiger partial charge in [-0.15, -0.1) is 0 Å². The Balaban J connectivity index is 1.47. The largest absolute Gasteiger partial charge is 0.483 e. The molecule has 3 aromatic rings. The van der Waals surface area contributed by atoms with Crippen molar-refractivity contribution in [3.63, 3.8) is 0 Å². The normalized spacial score (nSPS) is 11.3. The Labute approximate surface area is 195 Å². The molecule has 2 amide bonds. The van der Waals surface area contributed by atoms with Gasteiger partial charge in [0.15, 0.2) is 6.61 Å². The van der Waals surface area contributed by atoms with Crippen molar-refractivity contribution >= 4 is 22.8 Å². The van der Waals surface area contributed by atoms with Crippen molar-refractivity contribution in [1.82, 2.24) is 20.6 Å². The first-order valence-electron chi connectivity index (χ1n) is 11.1. The van der Waals surface area contributed by atoms with Crippen molar-refractivity contribution in [2.75, 3.05) is 19.7 Å². The lowest BCUT2D eigenvalue weighted by molar-refractivity contribution is -0.123. The number of carbonyl (C=O) groups is 2. The summed E-state index contributed by atoms with van der Waals surface area (Å²) >= 11 is 0. The SMILES string of the molecule is Cc1ccc(OCC(=O)NCCNC(=O)c2ccc3nc(C)c(C)nc3c2)c(C(C)(C)C)c1. The number of rotatable bonds is 7. The lowest BCUT2D eigenvalue weighted by Gasteiger charge is -2.23. The standard InChI is InChI=1S/C26H32N4O3/c1-16-7-10-23(20(13-16)26(4,5)6)33-15-24(31)27-11-12-28-25(32)19-8-9-21-22(14-19)30-18(3)17(2)29-21/h7-10,13-14H,11-12,15H2,1-6H3,(H,27,31)(H,28,32). The Bertz CT molecular complexity index is 1180. The third-order valence-corrected chi connectivity index (χ3v) is 5.37. The number of hydrogen-bond donors (Lipinski definition) is 2. The molecule has 0 fully saturated rings. The maximum absolute atomic E-state index is 12.5. The van der Waals surface area contributed by atoms with Crippen molar-refractivity contribution in [2.45, 2.75) is 47.0 Å². The van der Waals surface area contributed by atoms with E-state index in [4.69, 9.17) is 4.74 Å². The number of benzene rings is 2. The maximum atomic E-state index is 12.5. The van der Waals surface area contributed by atoms with Gasteiger partial charge in [-0.2, -0.15) is 0 Å². The number of aromatic nitrogens is 2. The number of nitrogens with zero attached hydrogens (tertiary/aromatic N) is 2. The lowest BCUT2D eigenvalue weighted by Crippen LogP contribution is -2.36. The molecule has 2 aromatic carbocycles. The number of hydrogen-bond acceptors (Lipinski definition) is 5. The molecule has 2 N–H and O–H groups in total. The van der Waals surface area contributed by atoms with E-state index in [1.54, 1.807) is 18.2 Å². The van der Waals surface area contributed by atoms with Gasteiger partial charge in [0, 0.05) is 18.7 Å². The van der Waals surface area contributed by atoms with E-state index >= 15 is 0 Å². The number of aryl methyl sites for hydroxylation is 3. The summed E-state index contributed by atoms with van der Waals surface area (Å²) in [5.41, 5.74) is 5.77. The van der Waals surface area contributed by atoms with E-state index in [0.29, 0.717) is 29.9 Å². The molecular weight excluding hydrogens is 416 g/mol. The smallest absolute Gasteiger partial charge is 0.258 e. The van der Waals surface area contributed by atoms with Crippen LogP contribution in [0, 0.1) is 20.8 Å². The Kier molecular flexibility index (Phi) is 7.31. The number of amides is 2. The van der Waals surface area contributed by atoms with Gasteiger partial charge >= 0.3 is 0 Å². The molecule has 0 aliphatic rings. The minimum absolute atomic E-state index is 0.0812. The van der Waals surface area contributed by atoms with Crippen LogP contribution >= 0.6 is 0 Å². The summed E-state index contributed by atoms with van der Waals surface area (Å²) in [5.74, 6) is 0.245. The molecule has 0 saturated carbocycles. The Morgan fingerprint density at radius 3 is 2.24 bits per heavy atom. The van der Waals surface area contributed by atoms with Crippen molar-refractivity contribution in [3.8, 4) is 5.75 Å². The Morgan fingerprint density at radius 1 is 0.879 bits per heavy atom. The first-order chi connectivity index (χ1) is 15.5. The number of carbonyl (C=O) groups excluding carboxylic acids is 2. The molecule has 1 heterocycles. The van der Waals surface area contributed by atoms with Gasteiger partial charge in [0.25, 0.3) is 11.8 Å². The average molecular weight is 449 g/mol. The topological polar surface area (TPSA) is 93.2 Å². The molecule has 7 heteroatoms. The Morgan fingerprint density at radius 2 is 1.55 bits per heavy atom. The molecule has 0 aliphatic carbocycles. The fourth-order valence-electron chi connectivity index (χ4n) is 3.40. The van der Waals surface area contributed by atoms with E-state index in [-0.39, 0.29) is 23.8 Å². The molecule has 0 radical (unpaired) electrons. The molecule has 0 saturated heterocycles. The molecule has 174 valence electrons. The fraction of sp³-hybridized carbons (Fsp3) is 0.385. The van der Waals surface area contributed by atoms with Gasteiger partial charge in [-0.3, -0.25) is 9.59 Å².